The summed E-state index contributed by atoms with van der Waals surface area (Å²) in [6.07, 6.45) is 2.89. The Kier molecular flexibility index (Phi) is 5.09. The zero-order chi connectivity index (χ0) is 15.2. The van der Waals surface area contributed by atoms with E-state index in [9.17, 15) is 14.3 Å². The van der Waals surface area contributed by atoms with Crippen LogP contribution < -0.4 is 0 Å². The number of hydrogen-bond acceptors (Lipinski definition) is 6. The molecular weight excluding hydrogens is 294 g/mol. The number of nitro benzene ring substituents is 1. The summed E-state index contributed by atoms with van der Waals surface area (Å²) in [4.78, 5) is 10.2. The van der Waals surface area contributed by atoms with Crippen LogP contribution in [0, 0.1) is 10.1 Å². The van der Waals surface area contributed by atoms with Gasteiger partial charge in [0, 0.05) is 17.9 Å². The van der Waals surface area contributed by atoms with E-state index in [1.165, 1.54) is 28.9 Å². The van der Waals surface area contributed by atoms with Crippen LogP contribution >= 0.6 is 0 Å². The van der Waals surface area contributed by atoms with Gasteiger partial charge in [0.1, 0.15) is 0 Å². The standard InChI is InChI=1S/C12H15N5O3S/c1-2-3-4-9-21(20)12-13-14-15-16(12)10-5-7-11(8-6-10)17(18)19/h5-8H,2-4,9H2,1H3. The third-order valence-electron chi connectivity index (χ3n) is 2.88. The maximum atomic E-state index is 12.2. The molecule has 0 aliphatic heterocycles. The Balaban J connectivity index is 2.19. The largest absolute Gasteiger partial charge is 0.269 e. The van der Waals surface area contributed by atoms with Crippen LogP contribution in [-0.4, -0.2) is 35.1 Å². The molecule has 0 aliphatic rings. The van der Waals surface area contributed by atoms with Gasteiger partial charge in [0.25, 0.3) is 5.69 Å². The first kappa shape index (κ1) is 15.2. The highest BCUT2D eigenvalue weighted by Crippen LogP contribution is 2.16. The summed E-state index contributed by atoms with van der Waals surface area (Å²) in [6.45, 7) is 2.07. The summed E-state index contributed by atoms with van der Waals surface area (Å²) < 4.78 is 13.5. The van der Waals surface area contributed by atoms with Gasteiger partial charge in [0.05, 0.1) is 21.4 Å². The summed E-state index contributed by atoms with van der Waals surface area (Å²) in [7, 11) is -1.29. The summed E-state index contributed by atoms with van der Waals surface area (Å²) in [6, 6.07) is 5.78. The van der Waals surface area contributed by atoms with Gasteiger partial charge in [0.2, 0.25) is 5.16 Å². The predicted octanol–water partition coefficient (Wildman–Crippen LogP) is 1.87. The van der Waals surface area contributed by atoms with Crippen molar-refractivity contribution >= 4 is 16.5 Å². The number of non-ortho nitro benzene ring substituents is 1. The molecule has 2 aromatic rings. The van der Waals surface area contributed by atoms with Gasteiger partial charge in [-0.2, -0.15) is 4.68 Å². The number of benzene rings is 1. The first-order valence-electron chi connectivity index (χ1n) is 6.55. The lowest BCUT2D eigenvalue weighted by Crippen LogP contribution is -2.08. The molecule has 0 aliphatic carbocycles. The first-order valence-corrected chi connectivity index (χ1v) is 7.87. The van der Waals surface area contributed by atoms with Gasteiger partial charge in [-0.3, -0.25) is 14.3 Å². The zero-order valence-electron chi connectivity index (χ0n) is 11.5. The third kappa shape index (κ3) is 3.69. The van der Waals surface area contributed by atoms with Gasteiger partial charge in [-0.25, -0.2) is 0 Å². The molecule has 1 unspecified atom stereocenters. The summed E-state index contributed by atoms with van der Waals surface area (Å²) >= 11 is 0. The van der Waals surface area contributed by atoms with E-state index in [2.05, 4.69) is 22.4 Å². The number of rotatable bonds is 7. The molecule has 0 bridgehead atoms. The monoisotopic (exact) mass is 309 g/mol. The average Bonchev–Trinajstić information content (AvgIpc) is 2.97. The van der Waals surface area contributed by atoms with Gasteiger partial charge < -0.3 is 0 Å². The Bertz CT molecular complexity index is 641. The quantitative estimate of drug-likeness (QED) is 0.439. The molecule has 1 atom stereocenters. The number of tetrazole rings is 1. The molecule has 2 rings (SSSR count). The Labute approximate surface area is 123 Å². The average molecular weight is 309 g/mol. The molecule has 0 spiro atoms. The van der Waals surface area contributed by atoms with E-state index in [-0.39, 0.29) is 10.8 Å². The van der Waals surface area contributed by atoms with E-state index in [4.69, 9.17) is 0 Å². The number of nitro groups is 1. The Morgan fingerprint density at radius 3 is 2.62 bits per heavy atom. The fourth-order valence-electron chi connectivity index (χ4n) is 1.77. The highest BCUT2D eigenvalue weighted by atomic mass is 32.2. The minimum atomic E-state index is -1.29. The van der Waals surface area contributed by atoms with Crippen molar-refractivity contribution in [1.82, 2.24) is 20.2 Å². The van der Waals surface area contributed by atoms with E-state index in [1.54, 1.807) is 0 Å². The molecule has 112 valence electrons. The van der Waals surface area contributed by atoms with E-state index in [1.807, 2.05) is 0 Å². The van der Waals surface area contributed by atoms with Crippen LogP contribution in [0.2, 0.25) is 0 Å². The van der Waals surface area contributed by atoms with Gasteiger partial charge >= 0.3 is 0 Å². The second-order valence-corrected chi connectivity index (χ2v) is 5.87. The van der Waals surface area contributed by atoms with Crippen molar-refractivity contribution in [2.24, 2.45) is 0 Å². The van der Waals surface area contributed by atoms with Crippen molar-refractivity contribution in [3.63, 3.8) is 0 Å². The van der Waals surface area contributed by atoms with Crippen LogP contribution in [0.15, 0.2) is 29.4 Å². The van der Waals surface area contributed by atoms with Gasteiger partial charge in [0.15, 0.2) is 0 Å². The second kappa shape index (κ2) is 7.02. The fraction of sp³-hybridized carbons (Fsp3) is 0.417. The second-order valence-electron chi connectivity index (χ2n) is 4.40. The van der Waals surface area contributed by atoms with Crippen molar-refractivity contribution in [3.8, 4) is 5.69 Å². The zero-order valence-corrected chi connectivity index (χ0v) is 12.3. The number of hydrogen-bond donors (Lipinski definition) is 0. The molecule has 0 amide bonds. The molecule has 0 fully saturated rings. The molecule has 9 heteroatoms. The van der Waals surface area contributed by atoms with E-state index in [0.29, 0.717) is 11.4 Å². The van der Waals surface area contributed by atoms with Crippen LogP contribution in [0.5, 0.6) is 0 Å². The van der Waals surface area contributed by atoms with Crippen molar-refractivity contribution in [2.45, 2.75) is 31.3 Å². The molecule has 0 saturated carbocycles. The van der Waals surface area contributed by atoms with Crippen LogP contribution in [0.25, 0.3) is 5.69 Å². The molecule has 1 heterocycles. The normalized spacial score (nSPS) is 12.2. The Morgan fingerprint density at radius 1 is 1.29 bits per heavy atom. The number of aromatic nitrogens is 4. The SMILES string of the molecule is CCCCCS(=O)c1nnnn1-c1ccc([N+](=O)[O-])cc1. The minimum absolute atomic E-state index is 0.0163. The Morgan fingerprint density at radius 2 is 2.00 bits per heavy atom. The summed E-state index contributed by atoms with van der Waals surface area (Å²) in [5.74, 6) is 0.501. The maximum Gasteiger partial charge on any atom is 0.269 e. The van der Waals surface area contributed by atoms with E-state index in [0.717, 1.165) is 19.3 Å². The number of nitrogens with zero attached hydrogens (tertiary/aromatic N) is 5. The van der Waals surface area contributed by atoms with Gasteiger partial charge in [-0.05, 0) is 29.0 Å². The lowest BCUT2D eigenvalue weighted by Gasteiger charge is -2.04. The topological polar surface area (TPSA) is 104 Å². The van der Waals surface area contributed by atoms with Crippen molar-refractivity contribution in [3.05, 3.63) is 34.4 Å². The van der Waals surface area contributed by atoms with Gasteiger partial charge in [-0.1, -0.05) is 24.9 Å². The molecule has 1 aromatic carbocycles. The van der Waals surface area contributed by atoms with Crippen LogP contribution in [0.4, 0.5) is 5.69 Å². The smallest absolute Gasteiger partial charge is 0.258 e. The van der Waals surface area contributed by atoms with Crippen molar-refractivity contribution in [2.75, 3.05) is 5.75 Å². The van der Waals surface area contributed by atoms with E-state index < -0.39 is 15.7 Å². The molecule has 0 saturated heterocycles. The molecule has 8 nitrogen and oxygen atoms in total. The minimum Gasteiger partial charge on any atom is -0.258 e. The molecule has 1 aromatic heterocycles. The van der Waals surface area contributed by atoms with Crippen molar-refractivity contribution < 1.29 is 9.13 Å². The van der Waals surface area contributed by atoms with Crippen molar-refractivity contribution in [1.29, 1.82) is 0 Å². The van der Waals surface area contributed by atoms with Crippen LogP contribution in [-0.2, 0) is 10.8 Å². The summed E-state index contributed by atoms with van der Waals surface area (Å²) in [5.41, 5.74) is 0.530. The first-order chi connectivity index (χ1) is 10.1. The lowest BCUT2D eigenvalue weighted by molar-refractivity contribution is -0.384. The summed E-state index contributed by atoms with van der Waals surface area (Å²) in [5, 5.41) is 22.0. The third-order valence-corrected chi connectivity index (χ3v) is 4.20. The Hall–Kier alpha value is -2.16. The highest BCUT2D eigenvalue weighted by molar-refractivity contribution is 7.84. The molecule has 21 heavy (non-hydrogen) atoms. The molecular formula is C12H15N5O3S. The van der Waals surface area contributed by atoms with Gasteiger partial charge in [-0.15, -0.1) is 0 Å². The molecule has 0 N–H and O–H groups in total. The lowest BCUT2D eigenvalue weighted by atomic mass is 10.3. The highest BCUT2D eigenvalue weighted by Gasteiger charge is 2.15. The maximum absolute atomic E-state index is 12.2. The van der Waals surface area contributed by atoms with E-state index >= 15 is 0 Å². The fourth-order valence-corrected chi connectivity index (χ4v) is 2.88. The molecule has 0 radical (unpaired) electrons. The van der Waals surface area contributed by atoms with Crippen LogP contribution in [0.3, 0.4) is 0 Å². The number of unbranched alkanes of at least 4 members (excludes halogenated alkanes) is 2. The van der Waals surface area contributed by atoms with Crippen LogP contribution in [0.1, 0.15) is 26.2 Å². The predicted molar refractivity (Wildman–Crippen MR) is 76.6 cm³/mol.